The molecule has 296 valence electrons. The summed E-state index contributed by atoms with van der Waals surface area (Å²) in [7, 11) is 0. The van der Waals surface area contributed by atoms with Crippen LogP contribution in [0.25, 0.3) is 0 Å². The highest BCUT2D eigenvalue weighted by Crippen LogP contribution is 2.64. The van der Waals surface area contributed by atoms with Crippen molar-refractivity contribution in [1.29, 1.82) is 0 Å². The van der Waals surface area contributed by atoms with Crippen molar-refractivity contribution in [1.82, 2.24) is 5.32 Å². The van der Waals surface area contributed by atoms with Gasteiger partial charge in [0.15, 0.2) is 17.5 Å². The van der Waals surface area contributed by atoms with Crippen molar-refractivity contribution in [2.45, 2.75) is 127 Å². The summed E-state index contributed by atoms with van der Waals surface area (Å²) in [5, 5.41) is 51.5. The van der Waals surface area contributed by atoms with Crippen molar-refractivity contribution in [3.05, 3.63) is 47.0 Å². The van der Waals surface area contributed by atoms with Crippen molar-refractivity contribution in [3.63, 3.8) is 0 Å². The molecule has 2 aliphatic heterocycles. The van der Waals surface area contributed by atoms with Crippen molar-refractivity contribution in [3.8, 4) is 0 Å². The number of rotatable bonds is 2. The van der Waals surface area contributed by atoms with Crippen LogP contribution in [0, 0.1) is 16.7 Å². The minimum absolute atomic E-state index is 0.00909. The minimum Gasteiger partial charge on any atom is -0.459 e. The highest BCUT2D eigenvalue weighted by molar-refractivity contribution is 7.99. The van der Waals surface area contributed by atoms with Crippen LogP contribution in [0.2, 0.25) is 0 Å². The zero-order valence-electron chi connectivity index (χ0n) is 31.2. The number of hydrogen-bond acceptors (Lipinski definition) is 14. The average Bonchev–Trinajstić information content (AvgIpc) is 3.11. The van der Waals surface area contributed by atoms with E-state index in [4.69, 9.17) is 18.9 Å². The SMILES string of the molecule is CC(=O)O[C@@]12CO[C@@H]1C[C@H](O)[C@@]1(C)C(=O)[C@H](O)C3=C(C)[C@@H]4C[C@@](O)([C@@H](OC(=O)CCCSCCCC(=O)NC(c5ccccc5)[C@@H](O)C(=O)O4)[C@H]21)C3(C)C. The van der Waals surface area contributed by atoms with Crippen molar-refractivity contribution >= 4 is 41.4 Å². The number of ketones is 1. The van der Waals surface area contributed by atoms with E-state index in [-0.39, 0.29) is 37.0 Å². The number of carbonyl (C=O) groups excluding carboxylic acids is 5. The number of fused-ring (bicyclic) bond motifs is 6. The summed E-state index contributed by atoms with van der Waals surface area (Å²) in [5.41, 5.74) is -6.77. The van der Waals surface area contributed by atoms with Gasteiger partial charge < -0.3 is 44.7 Å². The third-order valence-electron chi connectivity index (χ3n) is 12.6. The number of ether oxygens (including phenoxy) is 4. The largest absolute Gasteiger partial charge is 0.459 e. The number of carbonyl (C=O) groups is 5. The second-order valence-electron chi connectivity index (χ2n) is 16.0. The van der Waals surface area contributed by atoms with E-state index >= 15 is 0 Å². The maximum Gasteiger partial charge on any atom is 0.338 e. The van der Waals surface area contributed by atoms with Gasteiger partial charge in [0.1, 0.15) is 30.0 Å². The summed E-state index contributed by atoms with van der Waals surface area (Å²) >= 11 is 1.52. The van der Waals surface area contributed by atoms with Crippen LogP contribution in [0.3, 0.4) is 0 Å². The molecular weight excluding hydrogens is 722 g/mol. The highest BCUT2D eigenvalue weighted by atomic mass is 32.2. The van der Waals surface area contributed by atoms with Crippen LogP contribution in [-0.4, -0.2) is 116 Å². The summed E-state index contributed by atoms with van der Waals surface area (Å²) in [4.78, 5) is 68.5. The van der Waals surface area contributed by atoms with Crippen molar-refractivity contribution in [2.75, 3.05) is 18.1 Å². The Morgan fingerprint density at radius 3 is 2.28 bits per heavy atom. The molecule has 4 fully saturated rings. The molecule has 1 unspecified atom stereocenters. The molecule has 15 heteroatoms. The summed E-state index contributed by atoms with van der Waals surface area (Å²) in [6.07, 6.45) is -9.06. The molecule has 3 bridgehead atoms. The van der Waals surface area contributed by atoms with Gasteiger partial charge >= 0.3 is 17.9 Å². The molecule has 5 aliphatic rings. The van der Waals surface area contributed by atoms with Gasteiger partial charge in [-0.25, -0.2) is 4.79 Å². The molecule has 1 aromatic rings. The van der Waals surface area contributed by atoms with Crippen LogP contribution in [0.1, 0.15) is 84.7 Å². The number of aliphatic hydroxyl groups is 4. The summed E-state index contributed by atoms with van der Waals surface area (Å²) < 4.78 is 24.1. The summed E-state index contributed by atoms with van der Waals surface area (Å²) in [5.74, 6) is -4.18. The van der Waals surface area contributed by atoms with Crippen LogP contribution in [0.4, 0.5) is 0 Å². The van der Waals surface area contributed by atoms with Crippen LogP contribution >= 0.6 is 11.8 Å². The summed E-state index contributed by atoms with van der Waals surface area (Å²) in [6, 6.07) is 7.24. The maximum atomic E-state index is 14.8. The van der Waals surface area contributed by atoms with E-state index in [1.807, 2.05) is 0 Å². The number of Topliss-reactive ketones (excluding diaryl/α,β-unsaturated/α-hetero) is 1. The number of benzene rings is 1. The molecule has 0 spiro atoms. The molecule has 2 heterocycles. The topological polar surface area (TPSA) is 215 Å². The quantitative estimate of drug-likeness (QED) is 0.165. The highest BCUT2D eigenvalue weighted by Gasteiger charge is 2.78. The number of nitrogens with one attached hydrogen (secondary N) is 1. The molecule has 5 N–H and O–H groups in total. The van der Waals surface area contributed by atoms with Gasteiger partial charge in [-0.3, -0.25) is 19.2 Å². The predicted molar refractivity (Wildman–Crippen MR) is 192 cm³/mol. The molecule has 14 nitrogen and oxygen atoms in total. The van der Waals surface area contributed by atoms with Crippen LogP contribution < -0.4 is 5.32 Å². The molecule has 2 saturated carbocycles. The fourth-order valence-corrected chi connectivity index (χ4v) is 10.5. The minimum atomic E-state index is -2.25. The van der Waals surface area contributed by atoms with E-state index in [1.165, 1.54) is 32.5 Å². The van der Waals surface area contributed by atoms with Gasteiger partial charge in [-0.05, 0) is 54.9 Å². The normalized spacial score (nSPS) is 40.5. The van der Waals surface area contributed by atoms with E-state index in [0.717, 1.165) is 0 Å². The molecule has 1 amide bonds. The van der Waals surface area contributed by atoms with Gasteiger partial charge in [0, 0.05) is 38.0 Å². The zero-order valence-corrected chi connectivity index (χ0v) is 32.1. The molecule has 0 radical (unpaired) electrons. The van der Waals surface area contributed by atoms with Crippen LogP contribution in [-0.2, 0) is 42.9 Å². The van der Waals surface area contributed by atoms with Crippen molar-refractivity contribution in [2.24, 2.45) is 16.7 Å². The Labute approximate surface area is 318 Å². The second kappa shape index (κ2) is 15.0. The third kappa shape index (κ3) is 6.57. The lowest BCUT2D eigenvalue weighted by Gasteiger charge is -2.67. The lowest BCUT2D eigenvalue weighted by atomic mass is 9.44. The van der Waals surface area contributed by atoms with Gasteiger partial charge in [0.05, 0.1) is 30.1 Å². The molecule has 3 aliphatic carbocycles. The monoisotopic (exact) mass is 773 g/mol. The number of amides is 1. The van der Waals surface area contributed by atoms with E-state index in [0.29, 0.717) is 29.9 Å². The molecule has 6 rings (SSSR count). The first kappa shape index (κ1) is 40.3. The fourth-order valence-electron chi connectivity index (χ4n) is 9.57. The van der Waals surface area contributed by atoms with Crippen LogP contribution in [0.5, 0.6) is 0 Å². The molecule has 54 heavy (non-hydrogen) atoms. The third-order valence-corrected chi connectivity index (χ3v) is 13.7. The predicted octanol–water partition coefficient (Wildman–Crippen LogP) is 1.84. The Hall–Kier alpha value is -3.34. The number of hydrogen-bond donors (Lipinski definition) is 5. The average molecular weight is 774 g/mol. The molecule has 1 aromatic carbocycles. The number of aliphatic hydroxyl groups excluding tert-OH is 3. The first-order chi connectivity index (χ1) is 25.4. The Morgan fingerprint density at radius 2 is 1.65 bits per heavy atom. The first-order valence-electron chi connectivity index (χ1n) is 18.6. The molecule has 2 saturated heterocycles. The number of thioether (sulfide) groups is 1. The smallest absolute Gasteiger partial charge is 0.338 e. The lowest BCUT2D eigenvalue weighted by molar-refractivity contribution is -0.347. The maximum absolute atomic E-state index is 14.8. The summed E-state index contributed by atoms with van der Waals surface area (Å²) in [6.45, 7) is 7.06. The van der Waals surface area contributed by atoms with Crippen molar-refractivity contribution < 1.29 is 63.3 Å². The molecular formula is C39H51NO13S. The standard InChI is InChI=1S/C39H51NO13S/c1-20-23-18-39(49)34(32-37(5,33(47)30(45)28(20)36(39,3)4)24(42)17-25-38(32,19-50-25)53-21(2)41)52-27(44)14-10-16-54-15-9-13-26(43)40-29(31(46)35(48)51-23)22-11-7-6-8-12-22/h6-8,11-12,23-25,29-32,34,42,45-46,49H,9-10,13-19H2,1-5H3,(H,40,43)/t23-,24-,25+,29?,30+,31+,32-,34-,37+,38-,39+/m0/s1. The van der Waals surface area contributed by atoms with E-state index in [2.05, 4.69) is 5.32 Å². The number of esters is 3. The Morgan fingerprint density at radius 1 is 0.981 bits per heavy atom. The Kier molecular flexibility index (Phi) is 11.2. The van der Waals surface area contributed by atoms with Gasteiger partial charge in [0.25, 0.3) is 0 Å². The molecule has 11 atom stereocenters. The van der Waals surface area contributed by atoms with Gasteiger partial charge in [-0.1, -0.05) is 44.2 Å². The first-order valence-corrected chi connectivity index (χ1v) is 19.7. The lowest BCUT2D eigenvalue weighted by Crippen LogP contribution is -2.81. The van der Waals surface area contributed by atoms with E-state index < -0.39 is 107 Å². The van der Waals surface area contributed by atoms with E-state index in [9.17, 15) is 44.4 Å². The van der Waals surface area contributed by atoms with Gasteiger partial charge in [0.2, 0.25) is 5.91 Å². The van der Waals surface area contributed by atoms with Crippen LogP contribution in [0.15, 0.2) is 41.5 Å². The van der Waals surface area contributed by atoms with Gasteiger partial charge in [-0.15, -0.1) is 0 Å². The Bertz CT molecular complexity index is 1700. The second-order valence-corrected chi connectivity index (χ2v) is 17.3. The fraction of sp³-hybridized carbons (Fsp3) is 0.667. The zero-order chi connectivity index (χ0) is 39.4. The van der Waals surface area contributed by atoms with E-state index in [1.54, 1.807) is 44.2 Å². The molecule has 0 aromatic heterocycles. The Balaban J connectivity index is 1.53. The van der Waals surface area contributed by atoms with Gasteiger partial charge in [-0.2, -0.15) is 11.8 Å².